The molecule has 0 aliphatic rings. The van der Waals surface area contributed by atoms with Gasteiger partial charge in [0.2, 0.25) is 6.41 Å². The summed E-state index contributed by atoms with van der Waals surface area (Å²) < 4.78 is 41.8. The highest BCUT2D eigenvalue weighted by Crippen LogP contribution is 2.30. The molecular weight excluding hydrogens is 227 g/mol. The summed E-state index contributed by atoms with van der Waals surface area (Å²) in [6.45, 7) is 2.61. The van der Waals surface area contributed by atoms with Crippen molar-refractivity contribution in [2.24, 2.45) is 0 Å². The molecule has 0 aromatic carbocycles. The van der Waals surface area contributed by atoms with Crippen molar-refractivity contribution < 1.29 is 27.5 Å². The summed E-state index contributed by atoms with van der Waals surface area (Å²) in [6, 6.07) is 0. The van der Waals surface area contributed by atoms with Crippen LogP contribution in [0.25, 0.3) is 0 Å². The molecule has 0 atom stereocenters. The lowest BCUT2D eigenvalue weighted by molar-refractivity contribution is -0.141. The number of esters is 1. The van der Waals surface area contributed by atoms with E-state index >= 15 is 0 Å². The van der Waals surface area contributed by atoms with Gasteiger partial charge in [-0.15, -0.1) is 0 Å². The van der Waals surface area contributed by atoms with E-state index in [0.717, 1.165) is 0 Å². The largest absolute Gasteiger partial charge is 0.461 e. The zero-order valence-electron chi connectivity index (χ0n) is 8.85. The van der Waals surface area contributed by atoms with Crippen LogP contribution in [0.15, 0.2) is 11.3 Å². The van der Waals surface area contributed by atoms with E-state index in [9.17, 15) is 22.8 Å². The highest BCUT2D eigenvalue weighted by Gasteiger charge is 2.37. The van der Waals surface area contributed by atoms with E-state index in [4.69, 9.17) is 0 Å². The van der Waals surface area contributed by atoms with Crippen LogP contribution >= 0.6 is 0 Å². The number of nitrogens with one attached hydrogen (secondary N) is 1. The molecule has 92 valence electrons. The van der Waals surface area contributed by atoms with Crippen LogP contribution in [0, 0.1) is 0 Å². The van der Waals surface area contributed by atoms with Gasteiger partial charge in [0.15, 0.2) is 0 Å². The summed E-state index contributed by atoms with van der Waals surface area (Å²) in [5, 5.41) is 1.73. The molecule has 0 aliphatic carbocycles. The second-order valence-corrected chi connectivity index (χ2v) is 2.69. The fourth-order valence-corrected chi connectivity index (χ4v) is 1.05. The molecule has 0 rings (SSSR count). The monoisotopic (exact) mass is 239 g/mol. The number of hydrogen-bond acceptors (Lipinski definition) is 3. The molecule has 0 saturated heterocycles. The minimum Gasteiger partial charge on any atom is -0.461 e. The summed E-state index contributed by atoms with van der Waals surface area (Å²) in [7, 11) is 0. The van der Waals surface area contributed by atoms with Gasteiger partial charge in [-0.3, -0.25) is 4.79 Å². The summed E-state index contributed by atoms with van der Waals surface area (Å²) in [6.07, 6.45) is -5.10. The summed E-state index contributed by atoms with van der Waals surface area (Å²) >= 11 is 0. The average Bonchev–Trinajstić information content (AvgIpc) is 2.16. The number of carbonyl (C=O) groups is 2. The predicted octanol–water partition coefficient (Wildman–Crippen LogP) is 1.52. The molecule has 0 saturated carbocycles. The lowest BCUT2D eigenvalue weighted by Gasteiger charge is -2.14. The third-order valence-corrected chi connectivity index (χ3v) is 1.68. The highest BCUT2D eigenvalue weighted by molar-refractivity contribution is 5.91. The Morgan fingerprint density at radius 1 is 1.38 bits per heavy atom. The SMILES string of the molecule is CCOC(=O)/C(NC=O)=C(\CC)C(F)(F)F. The number of alkyl halides is 3. The van der Waals surface area contributed by atoms with E-state index in [1.807, 2.05) is 0 Å². The quantitative estimate of drug-likeness (QED) is 0.449. The maximum Gasteiger partial charge on any atom is 0.414 e. The third-order valence-electron chi connectivity index (χ3n) is 1.68. The second kappa shape index (κ2) is 6.14. The van der Waals surface area contributed by atoms with Gasteiger partial charge in [0, 0.05) is 0 Å². The van der Waals surface area contributed by atoms with Gasteiger partial charge in [-0.05, 0) is 13.3 Å². The Morgan fingerprint density at radius 3 is 2.25 bits per heavy atom. The van der Waals surface area contributed by atoms with Crippen molar-refractivity contribution in [3.05, 3.63) is 11.3 Å². The first-order valence-electron chi connectivity index (χ1n) is 4.56. The number of carbonyl (C=O) groups excluding carboxylic acids is 2. The molecule has 0 radical (unpaired) electrons. The number of amides is 1. The summed E-state index contributed by atoms with van der Waals surface area (Å²) in [5.74, 6) is -1.19. The Morgan fingerprint density at radius 2 is 1.94 bits per heavy atom. The van der Waals surface area contributed by atoms with Crippen molar-refractivity contribution in [3.63, 3.8) is 0 Å². The zero-order chi connectivity index (χ0) is 12.8. The lowest BCUT2D eigenvalue weighted by atomic mass is 10.1. The standard InChI is InChI=1S/C9H12F3NO3/c1-3-6(9(10,11)12)7(13-5-14)8(15)16-4-2/h5H,3-4H2,1-2H3,(H,13,14)/b7-6-. The van der Waals surface area contributed by atoms with Gasteiger partial charge in [-0.1, -0.05) is 6.92 Å². The first-order valence-corrected chi connectivity index (χ1v) is 4.56. The van der Waals surface area contributed by atoms with E-state index in [1.54, 1.807) is 5.32 Å². The maximum atomic E-state index is 12.5. The van der Waals surface area contributed by atoms with Crippen molar-refractivity contribution in [3.8, 4) is 0 Å². The predicted molar refractivity (Wildman–Crippen MR) is 49.2 cm³/mol. The van der Waals surface area contributed by atoms with E-state index in [2.05, 4.69) is 4.74 Å². The first kappa shape index (κ1) is 14.5. The van der Waals surface area contributed by atoms with Crippen molar-refractivity contribution in [1.29, 1.82) is 0 Å². The van der Waals surface area contributed by atoms with Gasteiger partial charge < -0.3 is 10.1 Å². The number of ether oxygens (including phenoxy) is 1. The fourth-order valence-electron chi connectivity index (χ4n) is 1.05. The molecule has 0 fully saturated rings. The minimum absolute atomic E-state index is 0.00759. The molecule has 1 amide bonds. The van der Waals surface area contributed by atoms with Crippen LogP contribution in [0.3, 0.4) is 0 Å². The number of allylic oxidation sites excluding steroid dienone is 1. The van der Waals surface area contributed by atoms with Gasteiger partial charge in [0.1, 0.15) is 5.70 Å². The van der Waals surface area contributed by atoms with E-state index in [0.29, 0.717) is 0 Å². The van der Waals surface area contributed by atoms with Gasteiger partial charge in [-0.2, -0.15) is 13.2 Å². The van der Waals surface area contributed by atoms with Crippen LogP contribution in [0.1, 0.15) is 20.3 Å². The smallest absolute Gasteiger partial charge is 0.414 e. The van der Waals surface area contributed by atoms with Crippen LogP contribution in [0.5, 0.6) is 0 Å². The van der Waals surface area contributed by atoms with E-state index in [-0.39, 0.29) is 13.0 Å². The molecule has 4 nitrogen and oxygen atoms in total. The van der Waals surface area contributed by atoms with Crippen LogP contribution < -0.4 is 5.32 Å². The lowest BCUT2D eigenvalue weighted by Crippen LogP contribution is -2.28. The average molecular weight is 239 g/mol. The van der Waals surface area contributed by atoms with Crippen molar-refractivity contribution >= 4 is 12.4 Å². The minimum atomic E-state index is -4.67. The molecule has 7 heteroatoms. The Bertz CT molecular complexity index is 297. The molecule has 0 aromatic rings. The van der Waals surface area contributed by atoms with Crippen LogP contribution in [-0.2, 0) is 14.3 Å². The van der Waals surface area contributed by atoms with Gasteiger partial charge >= 0.3 is 12.1 Å². The van der Waals surface area contributed by atoms with E-state index < -0.39 is 29.8 Å². The maximum absolute atomic E-state index is 12.5. The van der Waals surface area contributed by atoms with Crippen LogP contribution in [-0.4, -0.2) is 25.2 Å². The molecule has 1 N–H and O–H groups in total. The van der Waals surface area contributed by atoms with Crippen molar-refractivity contribution in [2.45, 2.75) is 26.4 Å². The molecule has 0 aliphatic heterocycles. The second-order valence-electron chi connectivity index (χ2n) is 2.69. The molecule has 0 spiro atoms. The molecule has 0 aromatic heterocycles. The molecule has 0 unspecified atom stereocenters. The van der Waals surface area contributed by atoms with Gasteiger partial charge in [0.25, 0.3) is 0 Å². The Labute approximate surface area is 90.5 Å². The third kappa shape index (κ3) is 3.92. The van der Waals surface area contributed by atoms with Gasteiger partial charge in [-0.25, -0.2) is 4.79 Å². The summed E-state index contributed by atoms with van der Waals surface area (Å²) in [5.41, 5.74) is -1.97. The number of hydrogen-bond donors (Lipinski definition) is 1. The number of rotatable bonds is 5. The Kier molecular flexibility index (Phi) is 5.55. The Hall–Kier alpha value is -1.53. The molecule has 16 heavy (non-hydrogen) atoms. The molecule has 0 bridgehead atoms. The normalized spacial score (nSPS) is 12.8. The molecule has 0 heterocycles. The highest BCUT2D eigenvalue weighted by atomic mass is 19.4. The van der Waals surface area contributed by atoms with Crippen molar-refractivity contribution in [2.75, 3.05) is 6.61 Å². The number of halogens is 3. The zero-order valence-corrected chi connectivity index (χ0v) is 8.85. The first-order chi connectivity index (χ1) is 7.38. The van der Waals surface area contributed by atoms with E-state index in [1.165, 1.54) is 13.8 Å². The molecular formula is C9H12F3NO3. The van der Waals surface area contributed by atoms with Crippen LogP contribution in [0.2, 0.25) is 0 Å². The van der Waals surface area contributed by atoms with Crippen molar-refractivity contribution in [1.82, 2.24) is 5.32 Å². The Balaban J connectivity index is 5.32. The van der Waals surface area contributed by atoms with Crippen LogP contribution in [0.4, 0.5) is 13.2 Å². The fraction of sp³-hybridized carbons (Fsp3) is 0.556. The topological polar surface area (TPSA) is 55.4 Å². The summed E-state index contributed by atoms with van der Waals surface area (Å²) in [4.78, 5) is 21.3. The van der Waals surface area contributed by atoms with Gasteiger partial charge in [0.05, 0.1) is 12.2 Å².